The molecule has 3 aromatic rings. The van der Waals surface area contributed by atoms with E-state index < -0.39 is 5.24 Å². The number of aromatic nitrogens is 3. The molecule has 234 valence electrons. The van der Waals surface area contributed by atoms with Crippen molar-refractivity contribution >= 4 is 28.4 Å². The highest BCUT2D eigenvalue weighted by atomic mass is 35.5. The number of halogens is 1. The summed E-state index contributed by atoms with van der Waals surface area (Å²) in [7, 11) is 0. The minimum absolute atomic E-state index is 0.0990. The molecule has 0 bridgehead atoms. The first-order valence-corrected chi connectivity index (χ1v) is 15.4. The van der Waals surface area contributed by atoms with Crippen molar-refractivity contribution in [3.63, 3.8) is 0 Å². The Morgan fingerprint density at radius 1 is 0.465 bits per heavy atom. The average Bonchev–Trinajstić information content (AvgIpc) is 2.91. The van der Waals surface area contributed by atoms with Gasteiger partial charge in [-0.1, -0.05) is 20.3 Å². The summed E-state index contributed by atoms with van der Waals surface area (Å²) in [4.78, 5) is 50.0. The van der Waals surface area contributed by atoms with Crippen LogP contribution in [0.5, 0.6) is 0 Å². The molecule has 0 radical (unpaired) electrons. The first kappa shape index (κ1) is 37.8. The van der Waals surface area contributed by atoms with E-state index in [2.05, 4.69) is 28.8 Å². The Bertz CT molecular complexity index is 1370. The maximum absolute atomic E-state index is 12.8. The van der Waals surface area contributed by atoms with Crippen LogP contribution in [0.3, 0.4) is 0 Å². The largest absolute Gasteiger partial charge is 0.294 e. The fraction of sp³-hybridized carbons (Fsp3) is 0.500. The van der Waals surface area contributed by atoms with Crippen LogP contribution >= 0.6 is 11.6 Å². The maximum Gasteiger partial charge on any atom is 0.253 e. The predicted molar refractivity (Wildman–Crippen MR) is 178 cm³/mol. The summed E-state index contributed by atoms with van der Waals surface area (Å²) >= 11 is 5.49. The van der Waals surface area contributed by atoms with E-state index in [9.17, 15) is 14.4 Å². The topological polar surface area (TPSA) is 89.9 Å². The Morgan fingerprint density at radius 3 is 0.884 bits per heavy atom. The molecule has 0 aliphatic rings. The SMILES string of the molecule is CCC.Cc1nc(C)c(C)c(C(=O)CCCC(=O)c2c(C)c(C)nc(C)c2C)c1C.Cc1nc(C)c(C)c(C(=O)Cl)c1C. The Labute approximate surface area is 264 Å². The van der Waals surface area contributed by atoms with E-state index in [0.29, 0.717) is 24.8 Å². The van der Waals surface area contributed by atoms with Gasteiger partial charge in [0.25, 0.3) is 5.24 Å². The molecule has 0 saturated heterocycles. The van der Waals surface area contributed by atoms with Gasteiger partial charge < -0.3 is 0 Å². The van der Waals surface area contributed by atoms with Gasteiger partial charge in [-0.3, -0.25) is 29.3 Å². The van der Waals surface area contributed by atoms with E-state index in [1.165, 1.54) is 6.42 Å². The summed E-state index contributed by atoms with van der Waals surface area (Å²) in [5.41, 5.74) is 13.0. The zero-order valence-corrected chi connectivity index (χ0v) is 29.5. The van der Waals surface area contributed by atoms with Gasteiger partial charge in [0.05, 0.1) is 0 Å². The van der Waals surface area contributed by atoms with Gasteiger partial charge in [0, 0.05) is 63.7 Å². The quantitative estimate of drug-likeness (QED) is 0.196. The molecule has 0 spiro atoms. The monoisotopic (exact) mass is 607 g/mol. The average molecular weight is 608 g/mol. The van der Waals surface area contributed by atoms with Crippen molar-refractivity contribution in [2.45, 2.75) is 123 Å². The van der Waals surface area contributed by atoms with E-state index in [1.54, 1.807) is 0 Å². The van der Waals surface area contributed by atoms with Gasteiger partial charge in [-0.2, -0.15) is 0 Å². The normalized spacial score (nSPS) is 10.4. The molecule has 6 nitrogen and oxygen atoms in total. The second kappa shape index (κ2) is 16.6. The number of ketones is 2. The molecule has 0 aliphatic carbocycles. The molecule has 0 N–H and O–H groups in total. The van der Waals surface area contributed by atoms with Crippen LogP contribution in [0.4, 0.5) is 0 Å². The van der Waals surface area contributed by atoms with E-state index in [0.717, 1.165) is 78.7 Å². The summed E-state index contributed by atoms with van der Waals surface area (Å²) in [5.74, 6) is 0.198. The van der Waals surface area contributed by atoms with Crippen molar-refractivity contribution in [1.82, 2.24) is 15.0 Å². The minimum atomic E-state index is -0.399. The molecule has 43 heavy (non-hydrogen) atoms. The number of hydrogen-bond donors (Lipinski definition) is 0. The first-order valence-electron chi connectivity index (χ1n) is 15.0. The molecule has 3 rings (SSSR count). The summed E-state index contributed by atoms with van der Waals surface area (Å²) in [6.45, 7) is 27.3. The lowest BCUT2D eigenvalue weighted by molar-refractivity contribution is 0.0954. The molecule has 7 heteroatoms. The lowest BCUT2D eigenvalue weighted by Gasteiger charge is -2.14. The van der Waals surface area contributed by atoms with E-state index in [-0.39, 0.29) is 11.6 Å². The summed E-state index contributed by atoms with van der Waals surface area (Å²) in [6, 6.07) is 0. The number of rotatable bonds is 7. The van der Waals surface area contributed by atoms with Gasteiger partial charge in [-0.15, -0.1) is 0 Å². The molecular weight excluding hydrogens is 558 g/mol. The molecule has 0 fully saturated rings. The molecule has 0 atom stereocenters. The van der Waals surface area contributed by atoms with Crippen molar-refractivity contribution in [3.05, 3.63) is 84.2 Å². The van der Waals surface area contributed by atoms with Gasteiger partial charge in [0.2, 0.25) is 0 Å². The van der Waals surface area contributed by atoms with Gasteiger partial charge in [0.15, 0.2) is 11.6 Å². The second-order valence-electron chi connectivity index (χ2n) is 11.4. The van der Waals surface area contributed by atoms with Crippen molar-refractivity contribution in [3.8, 4) is 0 Å². The van der Waals surface area contributed by atoms with Crippen LogP contribution in [-0.2, 0) is 0 Å². The highest BCUT2D eigenvalue weighted by Crippen LogP contribution is 2.24. The highest BCUT2D eigenvalue weighted by molar-refractivity contribution is 6.68. The zero-order valence-electron chi connectivity index (χ0n) is 28.8. The smallest absolute Gasteiger partial charge is 0.253 e. The Morgan fingerprint density at radius 2 is 0.674 bits per heavy atom. The summed E-state index contributed by atoms with van der Waals surface area (Å²) in [6.07, 6.45) is 2.55. The number of carbonyl (C=O) groups excluding carboxylic acids is 3. The minimum Gasteiger partial charge on any atom is -0.294 e. The van der Waals surface area contributed by atoms with Crippen LogP contribution in [0.2, 0.25) is 0 Å². The molecule has 0 aromatic carbocycles. The maximum atomic E-state index is 12.8. The lowest BCUT2D eigenvalue weighted by atomic mass is 9.92. The number of Topliss-reactive ketones (excluding diaryl/α,β-unsaturated/α-hetero) is 2. The van der Waals surface area contributed by atoms with Crippen LogP contribution in [0.15, 0.2) is 0 Å². The predicted octanol–water partition coefficient (Wildman–Crippen LogP) is 9.29. The standard InChI is InChI=1S/C23H30N2O2.C10H12ClNO.C3H8/c1-12-16(5)24-17(6)13(2)22(12)20(26)10-9-11-21(27)23-14(3)18(7)25-19(8)15(23)4;1-5-7(3)12-8(4)6(2)9(5)10(11)13;1-3-2/h9-11H2,1-8H3;1-4H3;3H2,1-2H3. The van der Waals surface area contributed by atoms with Crippen molar-refractivity contribution in [1.29, 1.82) is 0 Å². The Kier molecular flexibility index (Phi) is 14.5. The Balaban J connectivity index is 0.000000480. The molecule has 0 amide bonds. The van der Waals surface area contributed by atoms with Crippen molar-refractivity contribution < 1.29 is 14.4 Å². The molecular formula is C36H50ClN3O3. The summed E-state index contributed by atoms with van der Waals surface area (Å²) in [5, 5.41) is -0.399. The van der Waals surface area contributed by atoms with Crippen LogP contribution < -0.4 is 0 Å². The zero-order chi connectivity index (χ0) is 33.3. The first-order chi connectivity index (χ1) is 19.9. The third-order valence-corrected chi connectivity index (χ3v) is 8.26. The molecule has 3 heterocycles. The van der Waals surface area contributed by atoms with Gasteiger partial charge >= 0.3 is 0 Å². The third-order valence-electron chi connectivity index (χ3n) is 8.07. The number of aryl methyl sites for hydroxylation is 6. The van der Waals surface area contributed by atoms with Crippen LogP contribution in [-0.4, -0.2) is 31.8 Å². The molecule has 0 saturated carbocycles. The van der Waals surface area contributed by atoms with Gasteiger partial charge in [-0.05, 0) is 134 Å². The lowest BCUT2D eigenvalue weighted by Crippen LogP contribution is -2.12. The van der Waals surface area contributed by atoms with Crippen molar-refractivity contribution in [2.75, 3.05) is 0 Å². The van der Waals surface area contributed by atoms with E-state index in [4.69, 9.17) is 11.6 Å². The third kappa shape index (κ3) is 9.37. The van der Waals surface area contributed by atoms with Gasteiger partial charge in [-0.25, -0.2) is 0 Å². The number of nitrogens with zero attached hydrogens (tertiary/aromatic N) is 3. The second-order valence-corrected chi connectivity index (χ2v) is 11.7. The van der Waals surface area contributed by atoms with Crippen LogP contribution in [0.25, 0.3) is 0 Å². The van der Waals surface area contributed by atoms with Crippen LogP contribution in [0, 0.1) is 83.1 Å². The highest BCUT2D eigenvalue weighted by Gasteiger charge is 2.20. The molecule has 0 unspecified atom stereocenters. The van der Waals surface area contributed by atoms with Crippen LogP contribution in [0.1, 0.15) is 138 Å². The Hall–Kier alpha value is -3.25. The number of pyridine rings is 3. The summed E-state index contributed by atoms with van der Waals surface area (Å²) < 4.78 is 0. The molecule has 0 aliphatic heterocycles. The van der Waals surface area contributed by atoms with E-state index >= 15 is 0 Å². The fourth-order valence-electron chi connectivity index (χ4n) is 4.98. The number of carbonyl (C=O) groups is 3. The number of hydrogen-bond acceptors (Lipinski definition) is 6. The van der Waals surface area contributed by atoms with Crippen molar-refractivity contribution in [2.24, 2.45) is 0 Å². The van der Waals surface area contributed by atoms with E-state index in [1.807, 2.05) is 83.1 Å². The fourth-order valence-corrected chi connectivity index (χ4v) is 5.26. The van der Waals surface area contributed by atoms with Gasteiger partial charge in [0.1, 0.15) is 0 Å². The molecule has 3 aromatic heterocycles.